The Morgan fingerprint density at radius 1 is 1.13 bits per heavy atom. The molecular weight excluding hydrogens is 523 g/mol. The van der Waals surface area contributed by atoms with Crippen LogP contribution in [0.15, 0.2) is 47.7 Å². The molecule has 0 saturated heterocycles. The lowest BCUT2D eigenvalue weighted by Crippen LogP contribution is -2.38. The van der Waals surface area contributed by atoms with Crippen molar-refractivity contribution in [1.82, 2.24) is 10.2 Å². The van der Waals surface area contributed by atoms with E-state index in [9.17, 15) is 14.4 Å². The number of hydrogen-bond donors (Lipinski definition) is 2. The van der Waals surface area contributed by atoms with Gasteiger partial charge in [-0.2, -0.15) is 0 Å². The SMILES string of the molecule is CC(=O)N1c2ccc(C(=O)NCCCN(C)C)cc2NC2=C(C(=O)CC(C)(C)C2)C1c1ccc(Cl)cc1Cl. The molecule has 38 heavy (non-hydrogen) atoms. The Morgan fingerprint density at radius 2 is 1.87 bits per heavy atom. The largest absolute Gasteiger partial charge is 0.357 e. The zero-order chi connectivity index (χ0) is 27.8. The minimum atomic E-state index is -0.740. The van der Waals surface area contributed by atoms with Gasteiger partial charge >= 0.3 is 0 Å². The van der Waals surface area contributed by atoms with Gasteiger partial charge in [0.1, 0.15) is 0 Å². The van der Waals surface area contributed by atoms with Crippen LogP contribution in [0.1, 0.15) is 62.0 Å². The number of nitrogens with zero attached hydrogens (tertiary/aromatic N) is 2. The number of rotatable bonds is 6. The number of halogens is 2. The van der Waals surface area contributed by atoms with E-state index >= 15 is 0 Å². The molecule has 2 aliphatic rings. The third kappa shape index (κ3) is 5.90. The van der Waals surface area contributed by atoms with E-state index in [-0.39, 0.29) is 23.0 Å². The number of carbonyl (C=O) groups is 3. The fraction of sp³-hybridized carbons (Fsp3) is 0.414. The number of allylic oxidation sites excluding steroid dienone is 1. The summed E-state index contributed by atoms with van der Waals surface area (Å²) >= 11 is 12.8. The predicted octanol–water partition coefficient (Wildman–Crippen LogP) is 5.84. The first-order valence-corrected chi connectivity index (χ1v) is 13.5. The molecule has 2 N–H and O–H groups in total. The van der Waals surface area contributed by atoms with Gasteiger partial charge in [-0.1, -0.05) is 43.1 Å². The third-order valence-corrected chi connectivity index (χ3v) is 7.48. The van der Waals surface area contributed by atoms with Crippen molar-refractivity contribution in [3.8, 4) is 0 Å². The Labute approximate surface area is 234 Å². The van der Waals surface area contributed by atoms with Gasteiger partial charge in [0.05, 0.1) is 17.4 Å². The second-order valence-electron chi connectivity index (χ2n) is 11.1. The smallest absolute Gasteiger partial charge is 0.251 e. The minimum Gasteiger partial charge on any atom is -0.357 e. The van der Waals surface area contributed by atoms with Crippen LogP contribution >= 0.6 is 23.2 Å². The van der Waals surface area contributed by atoms with E-state index in [0.29, 0.717) is 57.5 Å². The Kier molecular flexibility index (Phi) is 8.21. The molecular formula is C29H34Cl2N4O3. The molecule has 0 aromatic heterocycles. The molecule has 0 bridgehead atoms. The van der Waals surface area contributed by atoms with Crippen molar-refractivity contribution in [2.24, 2.45) is 5.41 Å². The Balaban J connectivity index is 1.83. The molecule has 2 amide bonds. The molecule has 0 spiro atoms. The van der Waals surface area contributed by atoms with Crippen molar-refractivity contribution in [2.45, 2.75) is 46.1 Å². The summed E-state index contributed by atoms with van der Waals surface area (Å²) in [5.41, 5.74) is 3.21. The first kappa shape index (κ1) is 28.1. The molecule has 0 radical (unpaired) electrons. The van der Waals surface area contributed by atoms with Crippen molar-refractivity contribution in [3.63, 3.8) is 0 Å². The number of anilines is 2. The monoisotopic (exact) mass is 556 g/mol. The summed E-state index contributed by atoms with van der Waals surface area (Å²) in [4.78, 5) is 43.5. The van der Waals surface area contributed by atoms with Gasteiger partial charge < -0.3 is 15.5 Å². The summed E-state index contributed by atoms with van der Waals surface area (Å²) in [6, 6.07) is 9.56. The highest BCUT2D eigenvalue weighted by Crippen LogP contribution is 2.49. The second-order valence-corrected chi connectivity index (χ2v) is 11.9. The van der Waals surface area contributed by atoms with E-state index in [1.54, 1.807) is 41.3 Å². The van der Waals surface area contributed by atoms with Crippen molar-refractivity contribution < 1.29 is 14.4 Å². The van der Waals surface area contributed by atoms with E-state index in [1.807, 2.05) is 27.9 Å². The number of benzene rings is 2. The summed E-state index contributed by atoms with van der Waals surface area (Å²) in [6.07, 6.45) is 1.77. The standard InChI is InChI=1S/C29H34Cl2N4O3/c1-17(36)35-24-10-7-18(28(38)32-11-6-12-34(4)5)13-22(24)33-23-15-29(2,3)16-25(37)26(23)27(35)20-9-8-19(30)14-21(20)31/h7-10,13-14,27,33H,6,11-12,15-16H2,1-5H3,(H,32,38). The lowest BCUT2D eigenvalue weighted by atomic mass is 9.73. The molecule has 2 aromatic carbocycles. The third-order valence-electron chi connectivity index (χ3n) is 6.92. The summed E-state index contributed by atoms with van der Waals surface area (Å²) in [6.45, 7) is 6.99. The zero-order valence-corrected chi connectivity index (χ0v) is 24.0. The van der Waals surface area contributed by atoms with Crippen LogP contribution in [0.5, 0.6) is 0 Å². The Bertz CT molecular complexity index is 1320. The van der Waals surface area contributed by atoms with Crippen LogP contribution in [0.3, 0.4) is 0 Å². The van der Waals surface area contributed by atoms with Crippen LogP contribution in [0.25, 0.3) is 0 Å². The summed E-state index contributed by atoms with van der Waals surface area (Å²) in [5.74, 6) is -0.493. The van der Waals surface area contributed by atoms with E-state index in [2.05, 4.69) is 15.5 Å². The first-order valence-electron chi connectivity index (χ1n) is 12.7. The zero-order valence-electron chi connectivity index (χ0n) is 22.5. The van der Waals surface area contributed by atoms with Gasteiger partial charge in [-0.25, -0.2) is 0 Å². The summed E-state index contributed by atoms with van der Waals surface area (Å²) in [5, 5.41) is 7.25. The maximum absolute atomic E-state index is 13.7. The van der Waals surface area contributed by atoms with Gasteiger partial charge in [-0.3, -0.25) is 19.3 Å². The van der Waals surface area contributed by atoms with Crippen molar-refractivity contribution in [3.05, 3.63) is 68.8 Å². The number of nitrogens with one attached hydrogen (secondary N) is 2. The van der Waals surface area contributed by atoms with Gasteiger partial charge in [-0.05, 0) is 74.8 Å². The second kappa shape index (κ2) is 11.1. The van der Waals surface area contributed by atoms with Crippen molar-refractivity contribution in [1.29, 1.82) is 0 Å². The highest BCUT2D eigenvalue weighted by atomic mass is 35.5. The number of Topliss-reactive ketones (excluding diaryl/α,β-unsaturated/α-hetero) is 1. The molecule has 202 valence electrons. The molecule has 4 rings (SSSR count). The highest BCUT2D eigenvalue weighted by molar-refractivity contribution is 6.35. The molecule has 1 atom stereocenters. The molecule has 1 heterocycles. The molecule has 1 aliphatic carbocycles. The van der Waals surface area contributed by atoms with Gasteiger partial charge in [0, 0.05) is 46.8 Å². The average Bonchev–Trinajstić information content (AvgIpc) is 2.94. The fourth-order valence-electron chi connectivity index (χ4n) is 5.25. The minimum absolute atomic E-state index is 0.0438. The highest BCUT2D eigenvalue weighted by Gasteiger charge is 2.43. The number of ketones is 1. The van der Waals surface area contributed by atoms with Crippen LogP contribution in [-0.4, -0.2) is 49.7 Å². The molecule has 9 heteroatoms. The lowest BCUT2D eigenvalue weighted by molar-refractivity contribution is -0.118. The van der Waals surface area contributed by atoms with Crippen LogP contribution in [0, 0.1) is 5.41 Å². The van der Waals surface area contributed by atoms with E-state index in [0.717, 1.165) is 18.7 Å². The van der Waals surface area contributed by atoms with E-state index in [1.165, 1.54) is 6.92 Å². The Morgan fingerprint density at radius 3 is 2.53 bits per heavy atom. The van der Waals surface area contributed by atoms with Gasteiger partial charge in [0.2, 0.25) is 5.91 Å². The predicted molar refractivity (Wildman–Crippen MR) is 153 cm³/mol. The van der Waals surface area contributed by atoms with Crippen LogP contribution in [0.4, 0.5) is 11.4 Å². The van der Waals surface area contributed by atoms with E-state index < -0.39 is 6.04 Å². The molecule has 1 unspecified atom stereocenters. The number of amides is 2. The number of carbonyl (C=O) groups excluding carboxylic acids is 3. The molecule has 2 aromatic rings. The van der Waals surface area contributed by atoms with Crippen LogP contribution < -0.4 is 15.5 Å². The fourth-order valence-corrected chi connectivity index (χ4v) is 5.76. The first-order chi connectivity index (χ1) is 17.9. The van der Waals surface area contributed by atoms with Crippen molar-refractivity contribution >= 4 is 52.2 Å². The maximum Gasteiger partial charge on any atom is 0.251 e. The van der Waals surface area contributed by atoms with E-state index in [4.69, 9.17) is 23.2 Å². The quantitative estimate of drug-likeness (QED) is 0.437. The molecule has 7 nitrogen and oxygen atoms in total. The molecule has 0 fully saturated rings. The van der Waals surface area contributed by atoms with Gasteiger partial charge in [0.15, 0.2) is 5.78 Å². The molecule has 0 saturated carbocycles. The van der Waals surface area contributed by atoms with Crippen LogP contribution in [-0.2, 0) is 9.59 Å². The summed E-state index contributed by atoms with van der Waals surface area (Å²) in [7, 11) is 3.98. The topological polar surface area (TPSA) is 81.8 Å². The maximum atomic E-state index is 13.7. The van der Waals surface area contributed by atoms with Gasteiger partial charge in [0.25, 0.3) is 5.91 Å². The number of fused-ring (bicyclic) bond motifs is 1. The molecule has 1 aliphatic heterocycles. The van der Waals surface area contributed by atoms with Crippen LogP contribution in [0.2, 0.25) is 10.0 Å². The van der Waals surface area contributed by atoms with Crippen molar-refractivity contribution in [2.75, 3.05) is 37.4 Å². The Hall–Kier alpha value is -2.87. The lowest BCUT2D eigenvalue weighted by Gasteiger charge is -2.37. The summed E-state index contributed by atoms with van der Waals surface area (Å²) < 4.78 is 0. The van der Waals surface area contributed by atoms with Gasteiger partial charge in [-0.15, -0.1) is 0 Å². The normalized spacial score (nSPS) is 18.5. The number of hydrogen-bond acceptors (Lipinski definition) is 5. The average molecular weight is 558 g/mol.